The zero-order chi connectivity index (χ0) is 12.3. The Hall–Kier alpha value is -0.860. The zero-order valence-corrected chi connectivity index (χ0v) is 11.0. The third-order valence-electron chi connectivity index (χ3n) is 3.48. The van der Waals surface area contributed by atoms with Crippen LogP contribution in [0, 0.1) is 20.8 Å². The molecule has 1 N–H and O–H groups in total. The summed E-state index contributed by atoms with van der Waals surface area (Å²) in [5, 5.41) is 9.13. The van der Waals surface area contributed by atoms with Gasteiger partial charge in [0.05, 0.1) is 0 Å². The average molecular weight is 221 g/mol. The molecule has 0 aliphatic carbocycles. The van der Waals surface area contributed by atoms with E-state index in [1.165, 1.54) is 22.3 Å². The van der Waals surface area contributed by atoms with Crippen molar-refractivity contribution in [2.75, 3.05) is 20.7 Å². The summed E-state index contributed by atoms with van der Waals surface area (Å²) < 4.78 is 0. The van der Waals surface area contributed by atoms with Gasteiger partial charge < -0.3 is 10.0 Å². The molecule has 16 heavy (non-hydrogen) atoms. The Morgan fingerprint density at radius 1 is 1.12 bits per heavy atom. The van der Waals surface area contributed by atoms with E-state index in [-0.39, 0.29) is 6.61 Å². The molecule has 1 atom stereocenters. The predicted molar refractivity (Wildman–Crippen MR) is 68.8 cm³/mol. The molecule has 1 rings (SSSR count). The van der Waals surface area contributed by atoms with Crippen LogP contribution in [0.4, 0.5) is 0 Å². The lowest BCUT2D eigenvalue weighted by molar-refractivity contribution is 0.210. The fourth-order valence-corrected chi connectivity index (χ4v) is 2.15. The van der Waals surface area contributed by atoms with Crippen LogP contribution in [-0.2, 0) is 0 Å². The molecule has 0 aliphatic rings. The number of rotatable bonds is 4. The summed E-state index contributed by atoms with van der Waals surface area (Å²) in [5.74, 6) is 0. The van der Waals surface area contributed by atoms with E-state index in [1.54, 1.807) is 0 Å². The van der Waals surface area contributed by atoms with Gasteiger partial charge in [0.2, 0.25) is 0 Å². The van der Waals surface area contributed by atoms with Crippen LogP contribution in [-0.4, -0.2) is 30.7 Å². The van der Waals surface area contributed by atoms with Gasteiger partial charge in [0, 0.05) is 12.6 Å². The Balaban J connectivity index is 3.15. The monoisotopic (exact) mass is 221 g/mol. The molecule has 0 amide bonds. The highest BCUT2D eigenvalue weighted by Crippen LogP contribution is 2.27. The molecule has 0 bridgehead atoms. The van der Waals surface area contributed by atoms with Crippen molar-refractivity contribution in [2.24, 2.45) is 0 Å². The SMILES string of the molecule is Cc1ccc(C(CCO)N(C)C)c(C)c1C. The van der Waals surface area contributed by atoms with E-state index in [0.29, 0.717) is 6.04 Å². The Labute approximate surface area is 98.9 Å². The van der Waals surface area contributed by atoms with Gasteiger partial charge in [0.1, 0.15) is 0 Å². The lowest BCUT2D eigenvalue weighted by atomic mass is 9.92. The normalized spacial score (nSPS) is 13.2. The fourth-order valence-electron chi connectivity index (χ4n) is 2.15. The summed E-state index contributed by atoms with van der Waals surface area (Å²) in [5.41, 5.74) is 5.39. The molecule has 0 saturated heterocycles. The van der Waals surface area contributed by atoms with Crippen LogP contribution in [0.25, 0.3) is 0 Å². The molecule has 0 aromatic heterocycles. The van der Waals surface area contributed by atoms with Gasteiger partial charge in [-0.3, -0.25) is 0 Å². The van der Waals surface area contributed by atoms with Gasteiger partial charge in [0.15, 0.2) is 0 Å². The number of aliphatic hydroxyl groups is 1. The van der Waals surface area contributed by atoms with Crippen LogP contribution in [0.1, 0.15) is 34.7 Å². The Kier molecular flexibility index (Phi) is 4.51. The molecule has 0 saturated carbocycles. The number of hydrogen-bond acceptors (Lipinski definition) is 2. The topological polar surface area (TPSA) is 23.5 Å². The minimum atomic E-state index is 0.231. The highest BCUT2D eigenvalue weighted by Gasteiger charge is 2.16. The van der Waals surface area contributed by atoms with Crippen LogP contribution >= 0.6 is 0 Å². The Morgan fingerprint density at radius 2 is 1.75 bits per heavy atom. The van der Waals surface area contributed by atoms with Gasteiger partial charge in [-0.15, -0.1) is 0 Å². The summed E-state index contributed by atoms with van der Waals surface area (Å²) in [6.45, 7) is 6.71. The van der Waals surface area contributed by atoms with Gasteiger partial charge in [-0.05, 0) is 63.5 Å². The molecule has 2 nitrogen and oxygen atoms in total. The lowest BCUT2D eigenvalue weighted by Gasteiger charge is -2.26. The highest BCUT2D eigenvalue weighted by molar-refractivity contribution is 5.40. The zero-order valence-electron chi connectivity index (χ0n) is 11.0. The maximum atomic E-state index is 9.13. The van der Waals surface area contributed by atoms with Crippen LogP contribution in [0.15, 0.2) is 12.1 Å². The predicted octanol–water partition coefficient (Wildman–Crippen LogP) is 2.60. The molecule has 1 aromatic carbocycles. The molecule has 90 valence electrons. The third kappa shape index (κ3) is 2.63. The van der Waals surface area contributed by atoms with Crippen molar-refractivity contribution in [1.29, 1.82) is 0 Å². The van der Waals surface area contributed by atoms with Gasteiger partial charge in [0.25, 0.3) is 0 Å². The van der Waals surface area contributed by atoms with Crippen molar-refractivity contribution < 1.29 is 5.11 Å². The first-order valence-corrected chi connectivity index (χ1v) is 5.83. The van der Waals surface area contributed by atoms with E-state index in [0.717, 1.165) is 6.42 Å². The highest BCUT2D eigenvalue weighted by atomic mass is 16.3. The first-order valence-electron chi connectivity index (χ1n) is 5.83. The summed E-state index contributed by atoms with van der Waals surface area (Å²) in [7, 11) is 4.13. The molecule has 0 aliphatic heterocycles. The van der Waals surface area contributed by atoms with Crippen molar-refractivity contribution in [2.45, 2.75) is 33.2 Å². The van der Waals surface area contributed by atoms with E-state index in [1.807, 2.05) is 0 Å². The van der Waals surface area contributed by atoms with E-state index >= 15 is 0 Å². The molecular formula is C14H23NO. The smallest absolute Gasteiger partial charge is 0.0449 e. The van der Waals surface area contributed by atoms with E-state index in [4.69, 9.17) is 5.11 Å². The van der Waals surface area contributed by atoms with E-state index < -0.39 is 0 Å². The van der Waals surface area contributed by atoms with Crippen LogP contribution in [0.3, 0.4) is 0 Å². The summed E-state index contributed by atoms with van der Waals surface area (Å²) in [6, 6.07) is 4.67. The maximum absolute atomic E-state index is 9.13. The quantitative estimate of drug-likeness (QED) is 0.844. The number of hydrogen-bond donors (Lipinski definition) is 1. The van der Waals surface area contributed by atoms with Gasteiger partial charge in [-0.1, -0.05) is 12.1 Å². The Bertz CT molecular complexity index is 358. The maximum Gasteiger partial charge on any atom is 0.0449 e. The molecule has 0 heterocycles. The summed E-state index contributed by atoms with van der Waals surface area (Å²) in [6.07, 6.45) is 0.788. The van der Waals surface area contributed by atoms with Crippen molar-refractivity contribution in [3.05, 3.63) is 34.4 Å². The van der Waals surface area contributed by atoms with Crippen molar-refractivity contribution in [1.82, 2.24) is 4.90 Å². The summed E-state index contributed by atoms with van der Waals surface area (Å²) in [4.78, 5) is 2.17. The van der Waals surface area contributed by atoms with Crippen molar-refractivity contribution >= 4 is 0 Å². The largest absolute Gasteiger partial charge is 0.396 e. The number of nitrogens with zero attached hydrogens (tertiary/aromatic N) is 1. The van der Waals surface area contributed by atoms with E-state index in [2.05, 4.69) is 51.9 Å². The van der Waals surface area contributed by atoms with Crippen molar-refractivity contribution in [3.63, 3.8) is 0 Å². The van der Waals surface area contributed by atoms with Gasteiger partial charge in [-0.25, -0.2) is 0 Å². The minimum absolute atomic E-state index is 0.231. The van der Waals surface area contributed by atoms with Gasteiger partial charge in [-0.2, -0.15) is 0 Å². The fraction of sp³-hybridized carbons (Fsp3) is 0.571. The molecule has 1 aromatic rings. The first-order chi connectivity index (χ1) is 7.49. The molecule has 0 radical (unpaired) electrons. The van der Waals surface area contributed by atoms with Crippen LogP contribution in [0.5, 0.6) is 0 Å². The Morgan fingerprint density at radius 3 is 2.25 bits per heavy atom. The van der Waals surface area contributed by atoms with E-state index in [9.17, 15) is 0 Å². The second kappa shape index (κ2) is 5.46. The van der Waals surface area contributed by atoms with Gasteiger partial charge >= 0.3 is 0 Å². The first kappa shape index (κ1) is 13.2. The standard InChI is InChI=1S/C14H23NO/c1-10-6-7-13(12(3)11(10)2)14(8-9-16)15(4)5/h6-7,14,16H,8-9H2,1-5H3. The third-order valence-corrected chi connectivity index (χ3v) is 3.48. The average Bonchev–Trinajstić information content (AvgIpc) is 2.24. The molecule has 2 heteroatoms. The second-order valence-electron chi connectivity index (χ2n) is 4.71. The molecular weight excluding hydrogens is 198 g/mol. The molecule has 0 spiro atoms. The number of benzene rings is 1. The minimum Gasteiger partial charge on any atom is -0.396 e. The molecule has 1 unspecified atom stereocenters. The summed E-state index contributed by atoms with van der Waals surface area (Å²) >= 11 is 0. The molecule has 0 fully saturated rings. The van der Waals surface area contributed by atoms with Crippen LogP contribution in [0.2, 0.25) is 0 Å². The lowest BCUT2D eigenvalue weighted by Crippen LogP contribution is -2.22. The number of aliphatic hydroxyl groups excluding tert-OH is 1. The number of aryl methyl sites for hydroxylation is 1. The second-order valence-corrected chi connectivity index (χ2v) is 4.71. The van der Waals surface area contributed by atoms with Crippen LogP contribution < -0.4 is 0 Å². The van der Waals surface area contributed by atoms with Crippen molar-refractivity contribution in [3.8, 4) is 0 Å².